The van der Waals surface area contributed by atoms with Gasteiger partial charge < -0.3 is 9.47 Å². The molecule has 0 saturated carbocycles. The summed E-state index contributed by atoms with van der Waals surface area (Å²) in [7, 11) is 1.69. The molecule has 0 spiro atoms. The second kappa shape index (κ2) is 7.04. The van der Waals surface area contributed by atoms with Crippen LogP contribution >= 0.6 is 0 Å². The highest BCUT2D eigenvalue weighted by Gasteiger charge is 2.17. The molecule has 3 rings (SSSR count). The van der Waals surface area contributed by atoms with Crippen LogP contribution in [0.1, 0.15) is 23.4 Å². The van der Waals surface area contributed by atoms with Gasteiger partial charge in [0.25, 0.3) is 0 Å². The highest BCUT2D eigenvalue weighted by Crippen LogP contribution is 2.33. The zero-order valence-electron chi connectivity index (χ0n) is 14.2. The van der Waals surface area contributed by atoms with E-state index in [0.29, 0.717) is 0 Å². The molecule has 124 valence electrons. The van der Waals surface area contributed by atoms with E-state index >= 15 is 0 Å². The van der Waals surface area contributed by atoms with Gasteiger partial charge in [0.05, 0.1) is 26.0 Å². The fourth-order valence-electron chi connectivity index (χ4n) is 3.12. The Hall–Kier alpha value is -2.01. The zero-order valence-corrected chi connectivity index (χ0v) is 14.2. The average Bonchev–Trinajstić information content (AvgIpc) is 2.84. The summed E-state index contributed by atoms with van der Waals surface area (Å²) in [6, 6.07) is 8.24. The smallest absolute Gasteiger partial charge is 0.165 e. The second-order valence-electron chi connectivity index (χ2n) is 6.08. The first-order chi connectivity index (χ1) is 11.2. The van der Waals surface area contributed by atoms with E-state index in [1.165, 1.54) is 11.3 Å². The normalized spacial score (nSPS) is 15.4. The number of ether oxygens (including phenoxy) is 2. The lowest BCUT2D eigenvalue weighted by Crippen LogP contribution is -2.31. The van der Waals surface area contributed by atoms with Crippen molar-refractivity contribution < 1.29 is 9.47 Å². The molecule has 0 saturated heterocycles. The van der Waals surface area contributed by atoms with Gasteiger partial charge in [0.15, 0.2) is 11.5 Å². The van der Waals surface area contributed by atoms with E-state index in [-0.39, 0.29) is 0 Å². The lowest BCUT2D eigenvalue weighted by molar-refractivity contribution is 0.194. The topological polar surface area (TPSA) is 39.5 Å². The highest BCUT2D eigenvalue weighted by atomic mass is 16.5. The van der Waals surface area contributed by atoms with Gasteiger partial charge in [0.1, 0.15) is 0 Å². The summed E-state index contributed by atoms with van der Waals surface area (Å²) < 4.78 is 13.4. The number of hydrogen-bond donors (Lipinski definition) is 0. The van der Waals surface area contributed by atoms with Crippen LogP contribution in [0.5, 0.6) is 11.5 Å². The van der Waals surface area contributed by atoms with E-state index in [1.54, 1.807) is 7.11 Å². The summed E-state index contributed by atoms with van der Waals surface area (Å²) in [5.74, 6) is 1.72. The fourth-order valence-corrected chi connectivity index (χ4v) is 3.12. The van der Waals surface area contributed by atoms with Gasteiger partial charge in [-0.1, -0.05) is 12.1 Å². The fraction of sp³-hybridized carbons (Fsp3) is 0.500. The Labute approximate surface area is 137 Å². The quantitative estimate of drug-likeness (QED) is 0.870. The number of benzene rings is 1. The van der Waals surface area contributed by atoms with Crippen LogP contribution in [-0.2, 0) is 13.1 Å². The Morgan fingerprint density at radius 2 is 2.13 bits per heavy atom. The van der Waals surface area contributed by atoms with Crippen LogP contribution in [0, 0.1) is 13.8 Å². The van der Waals surface area contributed by atoms with Gasteiger partial charge in [0.2, 0.25) is 0 Å². The third-order valence-electron chi connectivity index (χ3n) is 4.27. The standard InChI is InChI=1S/C18H25N3O2/c1-14-12-15(2)21(19-14)10-9-20-8-5-11-23-18-16(13-20)6-4-7-17(18)22-3/h4,6-7,12H,5,8-11,13H2,1-3H3. The Balaban J connectivity index is 1.72. The summed E-state index contributed by atoms with van der Waals surface area (Å²) in [6.45, 7) is 8.70. The van der Waals surface area contributed by atoms with E-state index in [2.05, 4.69) is 33.7 Å². The Bertz CT molecular complexity index is 666. The maximum atomic E-state index is 5.91. The highest BCUT2D eigenvalue weighted by molar-refractivity contribution is 5.46. The van der Waals surface area contributed by atoms with Gasteiger partial charge in [-0.2, -0.15) is 5.10 Å². The van der Waals surface area contributed by atoms with Crippen LogP contribution in [0.2, 0.25) is 0 Å². The van der Waals surface area contributed by atoms with Gasteiger partial charge in [-0.15, -0.1) is 0 Å². The van der Waals surface area contributed by atoms with Gasteiger partial charge >= 0.3 is 0 Å². The predicted molar refractivity (Wildman–Crippen MR) is 90.1 cm³/mol. The van der Waals surface area contributed by atoms with E-state index < -0.39 is 0 Å². The molecule has 23 heavy (non-hydrogen) atoms. The van der Waals surface area contributed by atoms with Crippen LogP contribution in [0.15, 0.2) is 24.3 Å². The molecule has 1 aromatic carbocycles. The number of aryl methyl sites for hydroxylation is 2. The molecule has 2 aromatic rings. The van der Waals surface area contributed by atoms with E-state index in [0.717, 1.165) is 56.4 Å². The first-order valence-corrected chi connectivity index (χ1v) is 8.19. The van der Waals surface area contributed by atoms with Gasteiger partial charge in [-0.25, -0.2) is 0 Å². The van der Waals surface area contributed by atoms with E-state index in [1.807, 2.05) is 19.1 Å². The van der Waals surface area contributed by atoms with Crippen molar-refractivity contribution in [2.45, 2.75) is 33.4 Å². The van der Waals surface area contributed by atoms with Crippen molar-refractivity contribution >= 4 is 0 Å². The molecule has 0 aliphatic carbocycles. The van der Waals surface area contributed by atoms with Gasteiger partial charge in [-0.05, 0) is 32.4 Å². The lowest BCUT2D eigenvalue weighted by Gasteiger charge is -2.27. The molecule has 2 heterocycles. The molecule has 0 fully saturated rings. The molecule has 5 nitrogen and oxygen atoms in total. The van der Waals surface area contributed by atoms with Crippen molar-refractivity contribution in [2.75, 3.05) is 26.8 Å². The van der Waals surface area contributed by atoms with Crippen LogP contribution in [0.25, 0.3) is 0 Å². The van der Waals surface area contributed by atoms with E-state index in [9.17, 15) is 0 Å². The van der Waals surface area contributed by atoms with Gasteiger partial charge in [-0.3, -0.25) is 9.58 Å². The molecule has 1 aromatic heterocycles. The minimum absolute atomic E-state index is 0.726. The van der Waals surface area contributed by atoms with E-state index in [4.69, 9.17) is 9.47 Å². The number of fused-ring (bicyclic) bond motifs is 1. The maximum absolute atomic E-state index is 5.91. The molecular weight excluding hydrogens is 290 g/mol. The van der Waals surface area contributed by atoms with Crippen LogP contribution in [-0.4, -0.2) is 41.5 Å². The summed E-state index contributed by atoms with van der Waals surface area (Å²) in [6.07, 6.45) is 1.02. The number of hydrogen-bond acceptors (Lipinski definition) is 4. The zero-order chi connectivity index (χ0) is 16.2. The molecule has 0 atom stereocenters. The van der Waals surface area contributed by atoms with Gasteiger partial charge in [0, 0.05) is 30.9 Å². The molecule has 5 heteroatoms. The first kappa shape index (κ1) is 15.9. The number of rotatable bonds is 4. The molecule has 0 radical (unpaired) electrons. The monoisotopic (exact) mass is 315 g/mol. The Kier molecular flexibility index (Phi) is 4.86. The minimum Gasteiger partial charge on any atom is -0.493 e. The third kappa shape index (κ3) is 3.67. The van der Waals surface area contributed by atoms with Crippen molar-refractivity contribution in [1.29, 1.82) is 0 Å². The number of methoxy groups -OCH3 is 1. The number of para-hydroxylation sites is 1. The van der Waals surface area contributed by atoms with Crippen molar-refractivity contribution in [3.63, 3.8) is 0 Å². The first-order valence-electron chi connectivity index (χ1n) is 8.19. The Morgan fingerprint density at radius 1 is 1.26 bits per heavy atom. The molecule has 1 aliphatic rings. The maximum Gasteiger partial charge on any atom is 0.165 e. The van der Waals surface area contributed by atoms with Crippen LogP contribution < -0.4 is 9.47 Å². The predicted octanol–water partition coefficient (Wildman–Crippen LogP) is 2.79. The average molecular weight is 315 g/mol. The minimum atomic E-state index is 0.726. The summed E-state index contributed by atoms with van der Waals surface area (Å²) >= 11 is 0. The summed E-state index contributed by atoms with van der Waals surface area (Å²) in [4.78, 5) is 2.47. The molecule has 0 unspecified atom stereocenters. The number of aromatic nitrogens is 2. The molecule has 0 bridgehead atoms. The van der Waals surface area contributed by atoms with Crippen molar-refractivity contribution in [3.8, 4) is 11.5 Å². The summed E-state index contributed by atoms with van der Waals surface area (Å²) in [5.41, 5.74) is 3.50. The molecular formula is C18H25N3O2. The lowest BCUT2D eigenvalue weighted by atomic mass is 10.1. The van der Waals surface area contributed by atoms with Crippen molar-refractivity contribution in [2.24, 2.45) is 0 Å². The summed E-state index contributed by atoms with van der Waals surface area (Å²) in [5, 5.41) is 4.55. The Morgan fingerprint density at radius 3 is 2.87 bits per heavy atom. The van der Waals surface area contributed by atoms with Crippen LogP contribution in [0.4, 0.5) is 0 Å². The molecule has 0 N–H and O–H groups in total. The van der Waals surface area contributed by atoms with Crippen molar-refractivity contribution in [1.82, 2.24) is 14.7 Å². The second-order valence-corrected chi connectivity index (χ2v) is 6.08. The van der Waals surface area contributed by atoms with Crippen molar-refractivity contribution in [3.05, 3.63) is 41.2 Å². The van der Waals surface area contributed by atoms with Crippen LogP contribution in [0.3, 0.4) is 0 Å². The molecule has 1 aliphatic heterocycles. The third-order valence-corrected chi connectivity index (χ3v) is 4.27. The number of nitrogens with zero attached hydrogens (tertiary/aromatic N) is 3. The largest absolute Gasteiger partial charge is 0.493 e. The SMILES string of the molecule is COc1cccc2c1OCCCN(CCn1nc(C)cc1C)C2. The molecule has 0 amide bonds.